The summed E-state index contributed by atoms with van der Waals surface area (Å²) in [6.45, 7) is 2.04. The van der Waals surface area contributed by atoms with Gasteiger partial charge in [-0.15, -0.1) is 0 Å². The highest BCUT2D eigenvalue weighted by Crippen LogP contribution is 2.22. The molecular weight excluding hydrogens is 114 g/mol. The number of rotatable bonds is 1. The van der Waals surface area contributed by atoms with Crippen molar-refractivity contribution in [2.45, 2.75) is 32.2 Å². The maximum atomic E-state index is 11.0. The Labute approximate surface area is 55.4 Å². The minimum atomic E-state index is -0.144. The van der Waals surface area contributed by atoms with Crippen LogP contribution in [0.4, 0.5) is 0 Å². The molecule has 1 saturated carbocycles. The van der Waals surface area contributed by atoms with Crippen molar-refractivity contribution in [3.05, 3.63) is 0 Å². The van der Waals surface area contributed by atoms with E-state index in [0.717, 1.165) is 19.3 Å². The van der Waals surface area contributed by atoms with Gasteiger partial charge in [0.25, 0.3) is 0 Å². The first kappa shape index (κ1) is 6.75. The maximum absolute atomic E-state index is 11.0. The quantitative estimate of drug-likeness (QED) is 0.563. The Kier molecular flexibility index (Phi) is 1.86. The summed E-state index contributed by atoms with van der Waals surface area (Å²) in [5, 5.41) is 0. The number of hydrogen-bond donors (Lipinski definition) is 1. The fourth-order valence-corrected chi connectivity index (χ4v) is 1.37. The van der Waals surface area contributed by atoms with E-state index in [1.165, 1.54) is 0 Å². The van der Waals surface area contributed by atoms with E-state index < -0.39 is 0 Å². The maximum Gasteiger partial charge on any atom is 0.152 e. The average molecular weight is 127 g/mol. The van der Waals surface area contributed by atoms with Gasteiger partial charge in [0, 0.05) is 5.92 Å². The zero-order valence-electron chi connectivity index (χ0n) is 5.76. The SMILES string of the molecule is CCC1CCC(N)C1=O. The van der Waals surface area contributed by atoms with E-state index in [1.807, 2.05) is 6.92 Å². The van der Waals surface area contributed by atoms with Crippen LogP contribution < -0.4 is 5.73 Å². The van der Waals surface area contributed by atoms with Crippen LogP contribution in [0.25, 0.3) is 0 Å². The highest BCUT2D eigenvalue weighted by molar-refractivity contribution is 5.87. The average Bonchev–Trinajstić information content (AvgIpc) is 2.15. The molecule has 1 rings (SSSR count). The molecule has 1 aliphatic carbocycles. The molecular formula is C7H13NO. The minimum absolute atomic E-state index is 0.144. The van der Waals surface area contributed by atoms with E-state index in [0.29, 0.717) is 0 Å². The minimum Gasteiger partial charge on any atom is -0.321 e. The summed E-state index contributed by atoms with van der Waals surface area (Å²) in [7, 11) is 0. The third-order valence-corrected chi connectivity index (χ3v) is 2.09. The van der Waals surface area contributed by atoms with Crippen LogP contribution in [0.1, 0.15) is 26.2 Å². The Morgan fingerprint density at radius 3 is 2.56 bits per heavy atom. The molecule has 9 heavy (non-hydrogen) atoms. The number of hydrogen-bond acceptors (Lipinski definition) is 2. The van der Waals surface area contributed by atoms with Gasteiger partial charge < -0.3 is 5.73 Å². The molecule has 2 heteroatoms. The monoisotopic (exact) mass is 127 g/mol. The second kappa shape index (κ2) is 2.48. The van der Waals surface area contributed by atoms with Crippen molar-refractivity contribution in [1.29, 1.82) is 0 Å². The number of nitrogens with two attached hydrogens (primary N) is 1. The molecule has 2 nitrogen and oxygen atoms in total. The molecule has 0 aromatic carbocycles. The van der Waals surface area contributed by atoms with Gasteiger partial charge in [0.1, 0.15) is 0 Å². The zero-order valence-corrected chi connectivity index (χ0v) is 5.76. The lowest BCUT2D eigenvalue weighted by molar-refractivity contribution is -0.121. The molecule has 0 bridgehead atoms. The summed E-state index contributed by atoms with van der Waals surface area (Å²) in [6, 6.07) is -0.144. The fourth-order valence-electron chi connectivity index (χ4n) is 1.37. The van der Waals surface area contributed by atoms with E-state index in [1.54, 1.807) is 0 Å². The lowest BCUT2D eigenvalue weighted by Crippen LogP contribution is -2.27. The van der Waals surface area contributed by atoms with Crippen molar-refractivity contribution >= 4 is 5.78 Å². The van der Waals surface area contributed by atoms with Crippen LogP contribution in [0.5, 0.6) is 0 Å². The number of carbonyl (C=O) groups is 1. The van der Waals surface area contributed by atoms with E-state index >= 15 is 0 Å². The number of ketones is 1. The second-order valence-corrected chi connectivity index (χ2v) is 2.69. The highest BCUT2D eigenvalue weighted by atomic mass is 16.1. The van der Waals surface area contributed by atoms with Crippen molar-refractivity contribution in [1.82, 2.24) is 0 Å². The third kappa shape index (κ3) is 1.13. The molecule has 0 aromatic heterocycles. The Hall–Kier alpha value is -0.370. The summed E-state index contributed by atoms with van der Waals surface area (Å²) in [6.07, 6.45) is 2.88. The Balaban J connectivity index is 2.51. The number of carbonyl (C=O) groups excluding carboxylic acids is 1. The van der Waals surface area contributed by atoms with Gasteiger partial charge in [-0.2, -0.15) is 0 Å². The van der Waals surface area contributed by atoms with Crippen molar-refractivity contribution < 1.29 is 4.79 Å². The normalized spacial score (nSPS) is 35.6. The van der Waals surface area contributed by atoms with Crippen LogP contribution in [-0.4, -0.2) is 11.8 Å². The third-order valence-electron chi connectivity index (χ3n) is 2.09. The summed E-state index contributed by atoms with van der Waals surface area (Å²) >= 11 is 0. The zero-order chi connectivity index (χ0) is 6.85. The van der Waals surface area contributed by atoms with Gasteiger partial charge in [-0.05, 0) is 19.3 Å². The summed E-state index contributed by atoms with van der Waals surface area (Å²) in [4.78, 5) is 11.0. The molecule has 2 atom stereocenters. The second-order valence-electron chi connectivity index (χ2n) is 2.69. The standard InChI is InChI=1S/C7H13NO/c1-2-5-3-4-6(8)7(5)9/h5-6H,2-4,8H2,1H3. The van der Waals surface area contributed by atoms with Gasteiger partial charge in [0.2, 0.25) is 0 Å². The van der Waals surface area contributed by atoms with Gasteiger partial charge in [-0.25, -0.2) is 0 Å². The fraction of sp³-hybridized carbons (Fsp3) is 0.857. The van der Waals surface area contributed by atoms with Gasteiger partial charge in [-0.3, -0.25) is 4.79 Å². The predicted octanol–water partition coefficient (Wildman–Crippen LogP) is 0.703. The molecule has 2 N–H and O–H groups in total. The lowest BCUT2D eigenvalue weighted by Gasteiger charge is -2.01. The van der Waals surface area contributed by atoms with Gasteiger partial charge >= 0.3 is 0 Å². The van der Waals surface area contributed by atoms with Crippen LogP contribution in [0, 0.1) is 5.92 Å². The molecule has 0 heterocycles. The van der Waals surface area contributed by atoms with Gasteiger partial charge in [0.15, 0.2) is 5.78 Å². The molecule has 0 radical (unpaired) electrons. The predicted molar refractivity (Wildman–Crippen MR) is 36.0 cm³/mol. The van der Waals surface area contributed by atoms with Crippen molar-refractivity contribution in [2.75, 3.05) is 0 Å². The first-order chi connectivity index (χ1) is 4.25. The van der Waals surface area contributed by atoms with Gasteiger partial charge in [-0.1, -0.05) is 6.92 Å². The number of Topliss-reactive ketones (excluding diaryl/α,β-unsaturated/α-hetero) is 1. The van der Waals surface area contributed by atoms with E-state index in [2.05, 4.69) is 0 Å². The molecule has 0 aliphatic heterocycles. The molecule has 0 aromatic rings. The van der Waals surface area contributed by atoms with Crippen molar-refractivity contribution in [3.63, 3.8) is 0 Å². The Bertz CT molecular complexity index is 122. The highest BCUT2D eigenvalue weighted by Gasteiger charge is 2.29. The lowest BCUT2D eigenvalue weighted by atomic mass is 10.0. The topological polar surface area (TPSA) is 43.1 Å². The molecule has 2 unspecified atom stereocenters. The van der Waals surface area contributed by atoms with Crippen molar-refractivity contribution in [3.8, 4) is 0 Å². The van der Waals surface area contributed by atoms with Crippen molar-refractivity contribution in [2.24, 2.45) is 11.7 Å². The van der Waals surface area contributed by atoms with E-state index in [4.69, 9.17) is 5.73 Å². The summed E-state index contributed by atoms with van der Waals surface area (Å²) in [5.41, 5.74) is 5.49. The molecule has 0 amide bonds. The summed E-state index contributed by atoms with van der Waals surface area (Å²) in [5.74, 6) is 0.553. The van der Waals surface area contributed by atoms with Crippen LogP contribution in [-0.2, 0) is 4.79 Å². The van der Waals surface area contributed by atoms with E-state index in [9.17, 15) is 4.79 Å². The van der Waals surface area contributed by atoms with E-state index in [-0.39, 0.29) is 17.7 Å². The van der Waals surface area contributed by atoms with Crippen LogP contribution >= 0.6 is 0 Å². The molecule has 0 saturated heterocycles. The van der Waals surface area contributed by atoms with Crippen LogP contribution in [0.15, 0.2) is 0 Å². The smallest absolute Gasteiger partial charge is 0.152 e. The largest absolute Gasteiger partial charge is 0.321 e. The molecule has 0 spiro atoms. The molecule has 1 fully saturated rings. The Morgan fingerprint density at radius 2 is 2.33 bits per heavy atom. The van der Waals surface area contributed by atoms with Crippen LogP contribution in [0.2, 0.25) is 0 Å². The Morgan fingerprint density at radius 1 is 1.67 bits per heavy atom. The van der Waals surface area contributed by atoms with Crippen LogP contribution in [0.3, 0.4) is 0 Å². The first-order valence-corrected chi connectivity index (χ1v) is 3.55. The first-order valence-electron chi connectivity index (χ1n) is 3.55. The molecule has 1 aliphatic rings. The van der Waals surface area contributed by atoms with Gasteiger partial charge in [0.05, 0.1) is 6.04 Å². The summed E-state index contributed by atoms with van der Waals surface area (Å²) < 4.78 is 0. The molecule has 52 valence electrons.